The van der Waals surface area contributed by atoms with Crippen molar-refractivity contribution in [3.05, 3.63) is 63.6 Å². The predicted molar refractivity (Wildman–Crippen MR) is 86.7 cm³/mol. The lowest BCUT2D eigenvalue weighted by atomic mass is 9.95. The van der Waals surface area contributed by atoms with Gasteiger partial charge in [0.2, 0.25) is 0 Å². The Bertz CT molecular complexity index is 654. The lowest BCUT2D eigenvalue weighted by molar-refractivity contribution is -0.121. The summed E-state index contributed by atoms with van der Waals surface area (Å²) < 4.78 is 6.33. The molecule has 0 amide bonds. The Morgan fingerprint density at radius 2 is 1.86 bits per heavy atom. The zero-order valence-electron chi connectivity index (χ0n) is 11.9. The molecule has 0 saturated heterocycles. The summed E-state index contributed by atoms with van der Waals surface area (Å²) in [5, 5.41) is 0. The molecule has 0 radical (unpaired) electrons. The first-order valence-corrected chi connectivity index (χ1v) is 7.88. The first kappa shape index (κ1) is 14.3. The second-order valence-corrected chi connectivity index (χ2v) is 6.39. The van der Waals surface area contributed by atoms with Gasteiger partial charge in [0.25, 0.3) is 0 Å². The summed E-state index contributed by atoms with van der Waals surface area (Å²) in [6.07, 6.45) is 2.16. The van der Waals surface area contributed by atoms with E-state index in [0.29, 0.717) is 12.2 Å². The van der Waals surface area contributed by atoms with Crippen molar-refractivity contribution < 1.29 is 9.53 Å². The van der Waals surface area contributed by atoms with Gasteiger partial charge in [0.05, 0.1) is 7.11 Å². The van der Waals surface area contributed by atoms with Crippen molar-refractivity contribution in [2.24, 2.45) is 5.92 Å². The maximum absolute atomic E-state index is 12.6. The van der Waals surface area contributed by atoms with E-state index in [1.165, 1.54) is 11.1 Å². The molecule has 21 heavy (non-hydrogen) atoms. The summed E-state index contributed by atoms with van der Waals surface area (Å²) in [6, 6.07) is 14.1. The molecule has 0 fully saturated rings. The fourth-order valence-electron chi connectivity index (χ4n) is 3.00. The zero-order chi connectivity index (χ0) is 14.8. The molecule has 1 aliphatic rings. The summed E-state index contributed by atoms with van der Waals surface area (Å²) in [5.74, 6) is 1.18. The van der Waals surface area contributed by atoms with Crippen LogP contribution in [0.3, 0.4) is 0 Å². The van der Waals surface area contributed by atoms with Crippen LogP contribution in [0.4, 0.5) is 0 Å². The highest BCUT2D eigenvalue weighted by atomic mass is 79.9. The van der Waals surface area contributed by atoms with Gasteiger partial charge in [-0.15, -0.1) is 0 Å². The minimum absolute atomic E-state index is 0.103. The molecule has 2 nitrogen and oxygen atoms in total. The molecule has 0 saturated carbocycles. The number of rotatable bonds is 4. The summed E-state index contributed by atoms with van der Waals surface area (Å²) >= 11 is 3.46. The van der Waals surface area contributed by atoms with Crippen molar-refractivity contribution in [1.82, 2.24) is 0 Å². The van der Waals surface area contributed by atoms with E-state index in [2.05, 4.69) is 28.1 Å². The molecule has 3 rings (SSSR count). The smallest absolute Gasteiger partial charge is 0.141 e. The van der Waals surface area contributed by atoms with E-state index in [9.17, 15) is 4.79 Å². The number of ketones is 1. The summed E-state index contributed by atoms with van der Waals surface area (Å²) in [7, 11) is 1.64. The Labute approximate surface area is 133 Å². The molecule has 0 spiro atoms. The molecule has 0 aliphatic heterocycles. The van der Waals surface area contributed by atoms with Gasteiger partial charge in [-0.1, -0.05) is 40.2 Å². The second-order valence-electron chi connectivity index (χ2n) is 5.47. The molecule has 0 bridgehead atoms. The van der Waals surface area contributed by atoms with Gasteiger partial charge in [0.1, 0.15) is 11.5 Å². The Morgan fingerprint density at radius 3 is 2.48 bits per heavy atom. The molecular weight excluding hydrogens is 328 g/mol. The number of halogens is 1. The Kier molecular flexibility index (Phi) is 4.11. The fraction of sp³-hybridized carbons (Fsp3) is 0.278. The highest BCUT2D eigenvalue weighted by molar-refractivity contribution is 9.10. The Morgan fingerprint density at radius 1 is 1.19 bits per heavy atom. The minimum atomic E-state index is 0.103. The SMILES string of the molecule is COc1ccc(Br)cc1CC(=O)C1Cc2ccccc2C1. The molecule has 0 heterocycles. The highest BCUT2D eigenvalue weighted by Crippen LogP contribution is 2.30. The van der Waals surface area contributed by atoms with E-state index in [0.717, 1.165) is 28.6 Å². The van der Waals surface area contributed by atoms with Crippen LogP contribution in [-0.4, -0.2) is 12.9 Å². The van der Waals surface area contributed by atoms with Gasteiger partial charge in [0.15, 0.2) is 0 Å². The zero-order valence-corrected chi connectivity index (χ0v) is 13.5. The van der Waals surface area contributed by atoms with E-state index in [-0.39, 0.29) is 5.92 Å². The normalized spacial score (nSPS) is 14.0. The quantitative estimate of drug-likeness (QED) is 0.838. The largest absolute Gasteiger partial charge is 0.496 e. The monoisotopic (exact) mass is 344 g/mol. The first-order chi connectivity index (χ1) is 10.2. The number of carbonyl (C=O) groups excluding carboxylic acids is 1. The topological polar surface area (TPSA) is 26.3 Å². The lowest BCUT2D eigenvalue weighted by Gasteiger charge is -2.11. The number of ether oxygens (including phenoxy) is 1. The third kappa shape index (κ3) is 3.03. The molecular formula is C18H17BrO2. The molecule has 0 aromatic heterocycles. The first-order valence-electron chi connectivity index (χ1n) is 7.09. The van der Waals surface area contributed by atoms with E-state index in [1.807, 2.05) is 30.3 Å². The third-order valence-electron chi connectivity index (χ3n) is 4.11. The molecule has 0 atom stereocenters. The van der Waals surface area contributed by atoms with Crippen LogP contribution in [0, 0.1) is 5.92 Å². The summed E-state index contributed by atoms with van der Waals surface area (Å²) in [6.45, 7) is 0. The van der Waals surface area contributed by atoms with Crippen LogP contribution in [0.2, 0.25) is 0 Å². The molecule has 0 N–H and O–H groups in total. The number of fused-ring (bicyclic) bond motifs is 1. The van der Waals surface area contributed by atoms with Crippen molar-refractivity contribution in [2.45, 2.75) is 19.3 Å². The molecule has 2 aromatic carbocycles. The van der Waals surface area contributed by atoms with Crippen LogP contribution < -0.4 is 4.74 Å². The Hall–Kier alpha value is -1.61. The average molecular weight is 345 g/mol. The molecule has 2 aromatic rings. The van der Waals surface area contributed by atoms with Gasteiger partial charge in [-0.2, -0.15) is 0 Å². The summed E-state index contributed by atoms with van der Waals surface area (Å²) in [5.41, 5.74) is 3.59. The minimum Gasteiger partial charge on any atom is -0.496 e. The van der Waals surface area contributed by atoms with Crippen molar-refractivity contribution >= 4 is 21.7 Å². The van der Waals surface area contributed by atoms with E-state index in [1.54, 1.807) is 7.11 Å². The van der Waals surface area contributed by atoms with E-state index < -0.39 is 0 Å². The van der Waals surface area contributed by atoms with Gasteiger partial charge in [-0.05, 0) is 42.2 Å². The van der Waals surface area contributed by atoms with Crippen LogP contribution in [0.5, 0.6) is 5.75 Å². The number of benzene rings is 2. The average Bonchev–Trinajstić information content (AvgIpc) is 2.91. The third-order valence-corrected chi connectivity index (χ3v) is 4.61. The van der Waals surface area contributed by atoms with Crippen LogP contribution in [0.1, 0.15) is 16.7 Å². The van der Waals surface area contributed by atoms with E-state index in [4.69, 9.17) is 4.74 Å². The molecule has 3 heteroatoms. The van der Waals surface area contributed by atoms with Gasteiger partial charge in [0, 0.05) is 22.4 Å². The number of carbonyl (C=O) groups is 1. The summed E-state index contributed by atoms with van der Waals surface area (Å²) in [4.78, 5) is 12.6. The van der Waals surface area contributed by atoms with E-state index >= 15 is 0 Å². The number of methoxy groups -OCH3 is 1. The maximum Gasteiger partial charge on any atom is 0.141 e. The molecule has 1 aliphatic carbocycles. The van der Waals surface area contributed by atoms with Crippen molar-refractivity contribution in [3.8, 4) is 5.75 Å². The molecule has 0 unspecified atom stereocenters. The van der Waals surface area contributed by atoms with Crippen molar-refractivity contribution in [1.29, 1.82) is 0 Å². The standard InChI is InChI=1S/C18H17BrO2/c1-21-18-7-6-16(19)10-15(18)11-17(20)14-8-12-4-2-3-5-13(12)9-14/h2-7,10,14H,8-9,11H2,1H3. The second kappa shape index (κ2) is 6.02. The lowest BCUT2D eigenvalue weighted by Crippen LogP contribution is -2.17. The van der Waals surface area contributed by atoms with Gasteiger partial charge >= 0.3 is 0 Å². The van der Waals surface area contributed by atoms with Crippen molar-refractivity contribution in [3.63, 3.8) is 0 Å². The predicted octanol–water partition coefficient (Wildman–Crippen LogP) is 3.98. The van der Waals surface area contributed by atoms with Crippen molar-refractivity contribution in [2.75, 3.05) is 7.11 Å². The number of hydrogen-bond acceptors (Lipinski definition) is 2. The maximum atomic E-state index is 12.6. The molecule has 108 valence electrons. The van der Waals surface area contributed by atoms with Gasteiger partial charge in [-0.3, -0.25) is 4.79 Å². The van der Waals surface area contributed by atoms with Crippen LogP contribution in [-0.2, 0) is 24.1 Å². The Balaban J connectivity index is 1.75. The van der Waals surface area contributed by atoms with Crippen LogP contribution >= 0.6 is 15.9 Å². The highest BCUT2D eigenvalue weighted by Gasteiger charge is 2.27. The van der Waals surface area contributed by atoms with Crippen LogP contribution in [0.15, 0.2) is 46.9 Å². The fourth-order valence-corrected chi connectivity index (χ4v) is 3.41. The van der Waals surface area contributed by atoms with Gasteiger partial charge < -0.3 is 4.74 Å². The number of Topliss-reactive ketones (excluding diaryl/α,β-unsaturated/α-hetero) is 1. The van der Waals surface area contributed by atoms with Crippen LogP contribution in [0.25, 0.3) is 0 Å². The number of hydrogen-bond donors (Lipinski definition) is 0. The van der Waals surface area contributed by atoms with Gasteiger partial charge in [-0.25, -0.2) is 0 Å².